The number of carbonyl (C=O) groups is 1. The summed E-state index contributed by atoms with van der Waals surface area (Å²) in [5.41, 5.74) is 1.56. The molecule has 0 saturated carbocycles. The van der Waals surface area contributed by atoms with Crippen LogP contribution in [0, 0.1) is 0 Å². The van der Waals surface area contributed by atoms with Gasteiger partial charge < -0.3 is 10.0 Å². The Hall–Kier alpha value is -2.21. The average molecular weight is 274 g/mol. The summed E-state index contributed by atoms with van der Waals surface area (Å²) in [6, 6.07) is 9.86. The molecule has 1 aromatic carbocycles. The molecule has 0 atom stereocenters. The number of hydrogen-bond donors (Lipinski definition) is 1. The molecule has 0 aliphatic carbocycles. The van der Waals surface area contributed by atoms with Crippen LogP contribution in [-0.4, -0.2) is 37.5 Å². The molecule has 6 nitrogen and oxygen atoms in total. The van der Waals surface area contributed by atoms with Gasteiger partial charge in [0.1, 0.15) is 12.2 Å². The molecule has 0 unspecified atom stereocenters. The maximum absolute atomic E-state index is 12.2. The summed E-state index contributed by atoms with van der Waals surface area (Å²) in [7, 11) is 0. The first-order chi connectivity index (χ1) is 9.72. The van der Waals surface area contributed by atoms with E-state index in [0.29, 0.717) is 18.8 Å². The van der Waals surface area contributed by atoms with Crippen molar-refractivity contribution in [1.82, 2.24) is 19.9 Å². The van der Waals surface area contributed by atoms with Crippen LogP contribution < -0.4 is 0 Å². The quantitative estimate of drug-likeness (QED) is 0.846. The Morgan fingerprint density at radius 1 is 1.35 bits per heavy atom. The lowest BCUT2D eigenvalue weighted by molar-refractivity contribution is -0.132. The van der Waals surface area contributed by atoms with Gasteiger partial charge in [0, 0.05) is 13.1 Å². The van der Waals surface area contributed by atoms with E-state index in [1.54, 1.807) is 11.1 Å². The maximum atomic E-state index is 12.2. The van der Waals surface area contributed by atoms with E-state index in [0.717, 1.165) is 5.56 Å². The van der Waals surface area contributed by atoms with Gasteiger partial charge >= 0.3 is 0 Å². The zero-order valence-corrected chi connectivity index (χ0v) is 11.4. The van der Waals surface area contributed by atoms with Gasteiger partial charge in [-0.05, 0) is 12.5 Å². The van der Waals surface area contributed by atoms with Gasteiger partial charge in [-0.3, -0.25) is 4.79 Å². The minimum atomic E-state index is -0.171. The lowest BCUT2D eigenvalue weighted by atomic mass is 10.2. The van der Waals surface area contributed by atoms with Crippen LogP contribution in [0.3, 0.4) is 0 Å². The number of carbonyl (C=O) groups excluding carboxylic acids is 1. The Morgan fingerprint density at radius 3 is 2.70 bits per heavy atom. The highest BCUT2D eigenvalue weighted by molar-refractivity contribution is 5.75. The molecule has 1 heterocycles. The van der Waals surface area contributed by atoms with Crippen molar-refractivity contribution in [2.24, 2.45) is 0 Å². The Labute approximate surface area is 117 Å². The Kier molecular flexibility index (Phi) is 4.84. The van der Waals surface area contributed by atoms with E-state index < -0.39 is 0 Å². The van der Waals surface area contributed by atoms with Gasteiger partial charge in [-0.2, -0.15) is 0 Å². The van der Waals surface area contributed by atoms with E-state index >= 15 is 0 Å². The van der Waals surface area contributed by atoms with Crippen LogP contribution in [-0.2, 0) is 24.5 Å². The monoisotopic (exact) mass is 274 g/mol. The summed E-state index contributed by atoms with van der Waals surface area (Å²) in [6.07, 6.45) is 1.58. The number of likely N-dealkylation sites (N-methyl/N-ethyl adjacent to an activating group) is 1. The van der Waals surface area contributed by atoms with E-state index in [9.17, 15) is 4.79 Å². The molecule has 0 aliphatic rings. The lowest BCUT2D eigenvalue weighted by Crippen LogP contribution is -2.33. The van der Waals surface area contributed by atoms with Crippen LogP contribution >= 0.6 is 0 Å². The highest BCUT2D eigenvalue weighted by Gasteiger charge is 2.13. The van der Waals surface area contributed by atoms with E-state index in [1.165, 1.54) is 4.68 Å². The summed E-state index contributed by atoms with van der Waals surface area (Å²) >= 11 is 0. The highest BCUT2D eigenvalue weighted by atomic mass is 16.3. The van der Waals surface area contributed by atoms with Crippen LogP contribution in [0.25, 0.3) is 0 Å². The first-order valence-electron chi connectivity index (χ1n) is 6.54. The molecule has 0 saturated heterocycles. The number of aliphatic hydroxyl groups is 1. The van der Waals surface area contributed by atoms with Gasteiger partial charge in [-0.25, -0.2) is 4.68 Å². The predicted molar refractivity (Wildman–Crippen MR) is 73.5 cm³/mol. The van der Waals surface area contributed by atoms with Crippen molar-refractivity contribution < 1.29 is 9.90 Å². The van der Waals surface area contributed by atoms with Gasteiger partial charge in [-0.15, -0.1) is 5.10 Å². The summed E-state index contributed by atoms with van der Waals surface area (Å²) < 4.78 is 1.45. The van der Waals surface area contributed by atoms with Crippen molar-refractivity contribution in [2.75, 3.05) is 6.54 Å². The van der Waals surface area contributed by atoms with E-state index in [4.69, 9.17) is 5.11 Å². The van der Waals surface area contributed by atoms with Crippen molar-refractivity contribution in [3.05, 3.63) is 47.8 Å². The zero-order valence-electron chi connectivity index (χ0n) is 11.4. The average Bonchev–Trinajstić information content (AvgIpc) is 2.93. The lowest BCUT2D eigenvalue weighted by Gasteiger charge is -2.20. The van der Waals surface area contributed by atoms with Crippen LogP contribution in [0.2, 0.25) is 0 Å². The minimum absolute atomic E-state index is 0.0225. The SMILES string of the molecule is CCN(Cc1ccccc1)C(=O)Cn1cc(CO)nn1. The first kappa shape index (κ1) is 14.2. The molecule has 0 spiro atoms. The van der Waals surface area contributed by atoms with Crippen LogP contribution in [0.4, 0.5) is 0 Å². The largest absolute Gasteiger partial charge is 0.390 e. The smallest absolute Gasteiger partial charge is 0.244 e. The van der Waals surface area contributed by atoms with Crippen molar-refractivity contribution in [3.63, 3.8) is 0 Å². The predicted octanol–water partition coefficient (Wildman–Crippen LogP) is 0.819. The zero-order chi connectivity index (χ0) is 14.4. The van der Waals surface area contributed by atoms with Crippen molar-refractivity contribution in [3.8, 4) is 0 Å². The fourth-order valence-electron chi connectivity index (χ4n) is 1.91. The minimum Gasteiger partial charge on any atom is -0.390 e. The van der Waals surface area contributed by atoms with Crippen LogP contribution in [0.15, 0.2) is 36.5 Å². The maximum Gasteiger partial charge on any atom is 0.244 e. The van der Waals surface area contributed by atoms with Gasteiger partial charge in [-0.1, -0.05) is 35.5 Å². The second kappa shape index (κ2) is 6.81. The summed E-state index contributed by atoms with van der Waals surface area (Å²) in [5, 5.41) is 16.5. The van der Waals surface area contributed by atoms with Crippen LogP contribution in [0.5, 0.6) is 0 Å². The normalized spacial score (nSPS) is 10.5. The van der Waals surface area contributed by atoms with E-state index in [2.05, 4.69) is 10.3 Å². The Bertz CT molecular complexity index is 553. The molecular formula is C14H18N4O2. The second-order valence-corrected chi connectivity index (χ2v) is 4.46. The summed E-state index contributed by atoms with van der Waals surface area (Å²) in [6.45, 7) is 3.12. The molecular weight excluding hydrogens is 256 g/mol. The Morgan fingerprint density at radius 2 is 2.10 bits per heavy atom. The molecule has 20 heavy (non-hydrogen) atoms. The molecule has 0 bridgehead atoms. The third-order valence-corrected chi connectivity index (χ3v) is 3.00. The topological polar surface area (TPSA) is 71.2 Å². The first-order valence-corrected chi connectivity index (χ1v) is 6.54. The molecule has 1 aromatic heterocycles. The number of aromatic nitrogens is 3. The van der Waals surface area contributed by atoms with Gasteiger partial charge in [0.25, 0.3) is 0 Å². The number of benzene rings is 1. The molecule has 106 valence electrons. The second-order valence-electron chi connectivity index (χ2n) is 4.46. The van der Waals surface area contributed by atoms with Crippen molar-refractivity contribution in [1.29, 1.82) is 0 Å². The van der Waals surface area contributed by atoms with Crippen molar-refractivity contribution in [2.45, 2.75) is 26.6 Å². The van der Waals surface area contributed by atoms with Gasteiger partial charge in [0.15, 0.2) is 0 Å². The molecule has 2 rings (SSSR count). The third kappa shape index (κ3) is 3.64. The molecule has 0 radical (unpaired) electrons. The summed E-state index contributed by atoms with van der Waals surface area (Å²) in [4.78, 5) is 14.0. The molecule has 2 aromatic rings. The summed E-state index contributed by atoms with van der Waals surface area (Å²) in [5.74, 6) is -0.0225. The Balaban J connectivity index is 1.98. The highest BCUT2D eigenvalue weighted by Crippen LogP contribution is 2.05. The number of amides is 1. The molecule has 1 N–H and O–H groups in total. The molecule has 0 aliphatic heterocycles. The van der Waals surface area contributed by atoms with E-state index in [1.807, 2.05) is 37.3 Å². The molecule has 0 fully saturated rings. The molecule has 6 heteroatoms. The van der Waals surface area contributed by atoms with Crippen molar-refractivity contribution >= 4 is 5.91 Å². The van der Waals surface area contributed by atoms with Gasteiger partial charge in [0.2, 0.25) is 5.91 Å². The number of aliphatic hydroxyl groups excluding tert-OH is 1. The third-order valence-electron chi connectivity index (χ3n) is 3.00. The number of hydrogen-bond acceptors (Lipinski definition) is 4. The number of nitrogens with zero attached hydrogens (tertiary/aromatic N) is 4. The van der Waals surface area contributed by atoms with Crippen LogP contribution in [0.1, 0.15) is 18.2 Å². The van der Waals surface area contributed by atoms with Gasteiger partial charge in [0.05, 0.1) is 12.8 Å². The standard InChI is InChI=1S/C14H18N4O2/c1-2-17(8-12-6-4-3-5-7-12)14(20)10-18-9-13(11-19)15-16-18/h3-7,9,19H,2,8,10-11H2,1H3. The fourth-order valence-corrected chi connectivity index (χ4v) is 1.91. The fraction of sp³-hybridized carbons (Fsp3) is 0.357. The van der Waals surface area contributed by atoms with E-state index in [-0.39, 0.29) is 19.1 Å². The number of rotatable bonds is 6. The molecule has 1 amide bonds.